The standard InChI is InChI=1S/C10H21NO2/c1-9(2)8-10(12)11(3)6-5-7-13-4/h9H,5-8H2,1-4H3. The lowest BCUT2D eigenvalue weighted by Gasteiger charge is -2.17. The van der Waals surface area contributed by atoms with E-state index >= 15 is 0 Å². The summed E-state index contributed by atoms with van der Waals surface area (Å²) in [4.78, 5) is 13.2. The zero-order valence-electron chi connectivity index (χ0n) is 9.17. The van der Waals surface area contributed by atoms with Crippen molar-refractivity contribution in [3.05, 3.63) is 0 Å². The topological polar surface area (TPSA) is 29.5 Å². The van der Waals surface area contributed by atoms with E-state index in [1.54, 1.807) is 12.0 Å². The van der Waals surface area contributed by atoms with Crippen molar-refractivity contribution in [2.45, 2.75) is 26.7 Å². The zero-order valence-corrected chi connectivity index (χ0v) is 9.17. The van der Waals surface area contributed by atoms with E-state index < -0.39 is 0 Å². The first-order valence-corrected chi connectivity index (χ1v) is 4.80. The third-order valence-corrected chi connectivity index (χ3v) is 1.85. The van der Waals surface area contributed by atoms with Crippen molar-refractivity contribution < 1.29 is 9.53 Å². The molecule has 0 N–H and O–H groups in total. The van der Waals surface area contributed by atoms with Crippen LogP contribution in [0, 0.1) is 5.92 Å². The number of amides is 1. The Morgan fingerprint density at radius 2 is 2.08 bits per heavy atom. The first kappa shape index (κ1) is 12.4. The molecule has 0 heterocycles. The summed E-state index contributed by atoms with van der Waals surface area (Å²) in [5.41, 5.74) is 0. The van der Waals surface area contributed by atoms with Crippen molar-refractivity contribution in [2.75, 3.05) is 27.3 Å². The smallest absolute Gasteiger partial charge is 0.222 e. The quantitative estimate of drug-likeness (QED) is 0.590. The summed E-state index contributed by atoms with van der Waals surface area (Å²) in [6.07, 6.45) is 1.56. The van der Waals surface area contributed by atoms with Crippen LogP contribution in [0.15, 0.2) is 0 Å². The van der Waals surface area contributed by atoms with Gasteiger partial charge in [-0.25, -0.2) is 0 Å². The van der Waals surface area contributed by atoms with E-state index in [-0.39, 0.29) is 5.91 Å². The molecule has 0 spiro atoms. The van der Waals surface area contributed by atoms with Crippen molar-refractivity contribution >= 4 is 5.91 Å². The fourth-order valence-corrected chi connectivity index (χ4v) is 1.08. The predicted molar refractivity (Wildman–Crippen MR) is 53.6 cm³/mol. The molecule has 0 aliphatic carbocycles. The highest BCUT2D eigenvalue weighted by Crippen LogP contribution is 2.02. The van der Waals surface area contributed by atoms with Crippen molar-refractivity contribution in [3.63, 3.8) is 0 Å². The Kier molecular flexibility index (Phi) is 6.59. The maximum atomic E-state index is 11.4. The van der Waals surface area contributed by atoms with Crippen LogP contribution >= 0.6 is 0 Å². The van der Waals surface area contributed by atoms with Crippen LogP contribution in [0.3, 0.4) is 0 Å². The van der Waals surface area contributed by atoms with E-state index in [1.807, 2.05) is 7.05 Å². The van der Waals surface area contributed by atoms with E-state index in [0.717, 1.165) is 19.6 Å². The number of rotatable bonds is 6. The summed E-state index contributed by atoms with van der Waals surface area (Å²) in [7, 11) is 3.52. The molecule has 3 nitrogen and oxygen atoms in total. The Morgan fingerprint density at radius 3 is 2.54 bits per heavy atom. The first-order chi connectivity index (χ1) is 6.07. The summed E-state index contributed by atoms with van der Waals surface area (Å²) < 4.78 is 4.92. The molecular weight excluding hydrogens is 166 g/mol. The molecule has 0 saturated heterocycles. The van der Waals surface area contributed by atoms with E-state index in [1.165, 1.54) is 0 Å². The Bertz CT molecular complexity index is 146. The van der Waals surface area contributed by atoms with Gasteiger partial charge in [0.25, 0.3) is 0 Å². The Labute approximate surface area is 81.1 Å². The Hall–Kier alpha value is -0.570. The SMILES string of the molecule is COCCCN(C)C(=O)CC(C)C. The fraction of sp³-hybridized carbons (Fsp3) is 0.900. The predicted octanol–water partition coefficient (Wildman–Crippen LogP) is 1.53. The lowest BCUT2D eigenvalue weighted by molar-refractivity contribution is -0.130. The molecule has 0 atom stereocenters. The summed E-state index contributed by atoms with van der Waals surface area (Å²) in [6, 6.07) is 0. The third-order valence-electron chi connectivity index (χ3n) is 1.85. The van der Waals surface area contributed by atoms with Gasteiger partial charge >= 0.3 is 0 Å². The molecule has 0 aliphatic heterocycles. The first-order valence-electron chi connectivity index (χ1n) is 4.80. The molecule has 78 valence electrons. The third kappa shape index (κ3) is 6.58. The van der Waals surface area contributed by atoms with Gasteiger partial charge in [0.2, 0.25) is 5.91 Å². The lowest BCUT2D eigenvalue weighted by Crippen LogP contribution is -2.29. The van der Waals surface area contributed by atoms with E-state index in [0.29, 0.717) is 12.3 Å². The minimum atomic E-state index is 0.228. The fourth-order valence-electron chi connectivity index (χ4n) is 1.08. The van der Waals surface area contributed by atoms with E-state index in [4.69, 9.17) is 4.74 Å². The second-order valence-electron chi connectivity index (χ2n) is 3.76. The highest BCUT2D eigenvalue weighted by atomic mass is 16.5. The average Bonchev–Trinajstić information content (AvgIpc) is 2.03. The number of ether oxygens (including phenoxy) is 1. The molecule has 3 heteroatoms. The van der Waals surface area contributed by atoms with Gasteiger partial charge in [0.05, 0.1) is 0 Å². The van der Waals surface area contributed by atoms with Crippen LogP contribution in [0.25, 0.3) is 0 Å². The average molecular weight is 187 g/mol. The van der Waals surface area contributed by atoms with Crippen molar-refractivity contribution in [3.8, 4) is 0 Å². The van der Waals surface area contributed by atoms with Crippen LogP contribution < -0.4 is 0 Å². The summed E-state index contributed by atoms with van der Waals surface area (Å²) in [6.45, 7) is 5.63. The molecule has 0 aliphatic rings. The maximum Gasteiger partial charge on any atom is 0.222 e. The minimum Gasteiger partial charge on any atom is -0.385 e. The minimum absolute atomic E-state index is 0.228. The van der Waals surface area contributed by atoms with Gasteiger partial charge in [-0.2, -0.15) is 0 Å². The van der Waals surface area contributed by atoms with E-state index in [9.17, 15) is 4.79 Å². The van der Waals surface area contributed by atoms with Crippen molar-refractivity contribution in [1.29, 1.82) is 0 Å². The number of hydrogen-bond donors (Lipinski definition) is 0. The van der Waals surface area contributed by atoms with Crippen LogP contribution in [-0.2, 0) is 9.53 Å². The van der Waals surface area contributed by atoms with Gasteiger partial charge in [-0.05, 0) is 12.3 Å². The van der Waals surface area contributed by atoms with Crippen LogP contribution in [-0.4, -0.2) is 38.1 Å². The summed E-state index contributed by atoms with van der Waals surface area (Å²) >= 11 is 0. The lowest BCUT2D eigenvalue weighted by atomic mass is 10.1. The number of carbonyl (C=O) groups excluding carboxylic acids is 1. The van der Waals surface area contributed by atoms with Crippen LogP contribution in [0.2, 0.25) is 0 Å². The molecule has 13 heavy (non-hydrogen) atoms. The molecular formula is C10H21NO2. The van der Waals surface area contributed by atoms with Gasteiger partial charge < -0.3 is 9.64 Å². The molecule has 0 aromatic rings. The summed E-state index contributed by atoms with van der Waals surface area (Å²) in [5, 5.41) is 0. The van der Waals surface area contributed by atoms with Crippen LogP contribution in [0.1, 0.15) is 26.7 Å². The molecule has 0 rings (SSSR count). The maximum absolute atomic E-state index is 11.4. The van der Waals surface area contributed by atoms with Crippen LogP contribution in [0.5, 0.6) is 0 Å². The van der Waals surface area contributed by atoms with Crippen LogP contribution in [0.4, 0.5) is 0 Å². The zero-order chi connectivity index (χ0) is 10.3. The molecule has 1 amide bonds. The highest BCUT2D eigenvalue weighted by Gasteiger charge is 2.09. The van der Waals surface area contributed by atoms with Gasteiger partial charge in [-0.1, -0.05) is 13.8 Å². The van der Waals surface area contributed by atoms with Gasteiger partial charge in [0.1, 0.15) is 0 Å². The van der Waals surface area contributed by atoms with Crippen molar-refractivity contribution in [1.82, 2.24) is 4.90 Å². The van der Waals surface area contributed by atoms with Crippen molar-refractivity contribution in [2.24, 2.45) is 5.92 Å². The van der Waals surface area contributed by atoms with E-state index in [2.05, 4.69) is 13.8 Å². The molecule has 0 saturated carbocycles. The number of hydrogen-bond acceptors (Lipinski definition) is 2. The summed E-state index contributed by atoms with van der Waals surface area (Å²) in [5.74, 6) is 0.670. The monoisotopic (exact) mass is 187 g/mol. The van der Waals surface area contributed by atoms with Gasteiger partial charge in [0.15, 0.2) is 0 Å². The Morgan fingerprint density at radius 1 is 1.46 bits per heavy atom. The largest absolute Gasteiger partial charge is 0.385 e. The Balaban J connectivity index is 3.57. The number of carbonyl (C=O) groups is 1. The number of methoxy groups -OCH3 is 1. The molecule has 0 aromatic carbocycles. The molecule has 0 fully saturated rings. The molecule has 0 radical (unpaired) electrons. The molecule has 0 unspecified atom stereocenters. The second kappa shape index (κ2) is 6.89. The number of nitrogens with zero attached hydrogens (tertiary/aromatic N) is 1. The van der Waals surface area contributed by atoms with Gasteiger partial charge in [-0.3, -0.25) is 4.79 Å². The second-order valence-corrected chi connectivity index (χ2v) is 3.76. The molecule has 0 aromatic heterocycles. The van der Waals surface area contributed by atoms with Gasteiger partial charge in [-0.15, -0.1) is 0 Å². The highest BCUT2D eigenvalue weighted by molar-refractivity contribution is 5.75. The molecule has 0 bridgehead atoms. The normalized spacial score (nSPS) is 10.5. The van der Waals surface area contributed by atoms with Gasteiger partial charge in [0, 0.05) is 33.7 Å².